The van der Waals surface area contributed by atoms with Crippen molar-refractivity contribution >= 4 is 0 Å². The number of hydrogen-bond acceptors (Lipinski definition) is 1. The molecule has 2 aromatic carbocycles. The first-order chi connectivity index (χ1) is 9.25. The predicted molar refractivity (Wildman–Crippen MR) is 80.3 cm³/mol. The second-order valence-corrected chi connectivity index (χ2v) is 5.57. The summed E-state index contributed by atoms with van der Waals surface area (Å²) in [4.78, 5) is 0. The third-order valence-electron chi connectivity index (χ3n) is 4.26. The average Bonchev–Trinajstić information content (AvgIpc) is 2.46. The van der Waals surface area contributed by atoms with Gasteiger partial charge in [-0.05, 0) is 60.4 Å². The predicted octanol–water partition coefficient (Wildman–Crippen LogP) is 3.92. The summed E-state index contributed by atoms with van der Waals surface area (Å²) in [5.74, 6) is 0. The fourth-order valence-corrected chi connectivity index (χ4v) is 3.06. The van der Waals surface area contributed by atoms with Crippen LogP contribution in [0.3, 0.4) is 0 Å². The van der Waals surface area contributed by atoms with Crippen LogP contribution in [0.4, 0.5) is 0 Å². The normalized spacial score (nSPS) is 15.9. The van der Waals surface area contributed by atoms with Crippen LogP contribution >= 0.6 is 0 Å². The van der Waals surface area contributed by atoms with Gasteiger partial charge in [-0.1, -0.05) is 42.5 Å². The fourth-order valence-electron chi connectivity index (χ4n) is 3.06. The van der Waals surface area contributed by atoms with Crippen LogP contribution in [0.15, 0.2) is 42.5 Å². The highest BCUT2D eigenvalue weighted by Crippen LogP contribution is 2.27. The number of nitrogens with two attached hydrogens (primary N) is 1. The molecule has 0 saturated carbocycles. The third kappa shape index (κ3) is 2.43. The van der Waals surface area contributed by atoms with E-state index in [4.69, 9.17) is 5.73 Å². The van der Waals surface area contributed by atoms with E-state index < -0.39 is 0 Å². The van der Waals surface area contributed by atoms with E-state index in [1.54, 1.807) is 0 Å². The number of aryl methyl sites for hydroxylation is 3. The van der Waals surface area contributed by atoms with Gasteiger partial charge in [-0.2, -0.15) is 0 Å². The van der Waals surface area contributed by atoms with Crippen molar-refractivity contribution in [2.24, 2.45) is 5.73 Å². The molecule has 19 heavy (non-hydrogen) atoms. The van der Waals surface area contributed by atoms with Crippen LogP contribution in [0.1, 0.15) is 46.7 Å². The molecule has 0 radical (unpaired) electrons. The summed E-state index contributed by atoms with van der Waals surface area (Å²) in [6.45, 7) is 2.13. The summed E-state index contributed by atoms with van der Waals surface area (Å²) in [6.07, 6.45) is 5.09. The van der Waals surface area contributed by atoms with Crippen LogP contribution < -0.4 is 5.73 Å². The lowest BCUT2D eigenvalue weighted by Crippen LogP contribution is -2.14. The maximum absolute atomic E-state index is 6.45. The Bertz CT molecular complexity index is 586. The van der Waals surface area contributed by atoms with E-state index in [1.807, 2.05) is 0 Å². The Balaban J connectivity index is 1.96. The van der Waals surface area contributed by atoms with Gasteiger partial charge in [-0.3, -0.25) is 0 Å². The summed E-state index contributed by atoms with van der Waals surface area (Å²) >= 11 is 0. The van der Waals surface area contributed by atoms with Gasteiger partial charge in [0.25, 0.3) is 0 Å². The molecule has 0 aromatic heterocycles. The van der Waals surface area contributed by atoms with Crippen LogP contribution in [0.2, 0.25) is 0 Å². The van der Waals surface area contributed by atoms with Crippen molar-refractivity contribution in [3.63, 3.8) is 0 Å². The maximum Gasteiger partial charge on any atom is 0.0554 e. The minimum Gasteiger partial charge on any atom is -0.320 e. The first kappa shape index (κ1) is 12.4. The van der Waals surface area contributed by atoms with Crippen molar-refractivity contribution in [3.8, 4) is 0 Å². The Morgan fingerprint density at radius 2 is 1.68 bits per heavy atom. The lowest BCUT2D eigenvalue weighted by atomic mass is 9.87. The molecule has 1 unspecified atom stereocenters. The van der Waals surface area contributed by atoms with Gasteiger partial charge in [0.15, 0.2) is 0 Å². The first-order valence-electron chi connectivity index (χ1n) is 7.18. The van der Waals surface area contributed by atoms with Gasteiger partial charge >= 0.3 is 0 Å². The summed E-state index contributed by atoms with van der Waals surface area (Å²) in [5, 5.41) is 0. The van der Waals surface area contributed by atoms with Crippen LogP contribution in [0, 0.1) is 6.92 Å². The lowest BCUT2D eigenvalue weighted by molar-refractivity contribution is 0.682. The molecule has 1 atom stereocenters. The molecule has 0 fully saturated rings. The Kier molecular flexibility index (Phi) is 3.39. The minimum absolute atomic E-state index is 0.00609. The standard InChI is InChI=1S/C18H21N/c1-13-6-2-5-9-17(13)18(19)16-11-10-14-7-3-4-8-15(14)12-16/h2,5-6,9-12,18H,3-4,7-8,19H2,1H3. The zero-order valence-electron chi connectivity index (χ0n) is 11.5. The zero-order chi connectivity index (χ0) is 13.2. The van der Waals surface area contributed by atoms with Gasteiger partial charge in [0.1, 0.15) is 0 Å². The molecule has 0 spiro atoms. The largest absolute Gasteiger partial charge is 0.320 e. The molecule has 1 aliphatic rings. The smallest absolute Gasteiger partial charge is 0.0554 e. The average molecular weight is 251 g/mol. The molecule has 1 heteroatoms. The SMILES string of the molecule is Cc1ccccc1C(N)c1ccc2c(c1)CCCC2. The molecule has 0 heterocycles. The molecule has 0 amide bonds. The van der Waals surface area contributed by atoms with Gasteiger partial charge in [-0.25, -0.2) is 0 Å². The Labute approximate surface area is 115 Å². The van der Waals surface area contributed by atoms with Crippen molar-refractivity contribution in [3.05, 3.63) is 70.3 Å². The molecule has 1 aliphatic carbocycles. The highest BCUT2D eigenvalue weighted by atomic mass is 14.6. The van der Waals surface area contributed by atoms with Crippen molar-refractivity contribution in [2.75, 3.05) is 0 Å². The van der Waals surface area contributed by atoms with E-state index in [2.05, 4.69) is 49.4 Å². The van der Waals surface area contributed by atoms with Crippen LogP contribution in [0.5, 0.6) is 0 Å². The molecule has 98 valence electrons. The lowest BCUT2D eigenvalue weighted by Gasteiger charge is -2.20. The summed E-state index contributed by atoms with van der Waals surface area (Å²) < 4.78 is 0. The van der Waals surface area contributed by atoms with Crippen molar-refractivity contribution < 1.29 is 0 Å². The number of rotatable bonds is 2. The number of benzene rings is 2. The molecule has 0 aliphatic heterocycles. The van der Waals surface area contributed by atoms with E-state index in [1.165, 1.54) is 53.5 Å². The Morgan fingerprint density at radius 3 is 2.47 bits per heavy atom. The summed E-state index contributed by atoms with van der Waals surface area (Å²) in [7, 11) is 0. The van der Waals surface area contributed by atoms with E-state index in [-0.39, 0.29) is 6.04 Å². The fraction of sp³-hybridized carbons (Fsp3) is 0.333. The first-order valence-corrected chi connectivity index (χ1v) is 7.18. The Hall–Kier alpha value is -1.60. The van der Waals surface area contributed by atoms with Gasteiger partial charge in [0.2, 0.25) is 0 Å². The number of fused-ring (bicyclic) bond motifs is 1. The molecule has 0 bridgehead atoms. The topological polar surface area (TPSA) is 26.0 Å². The van der Waals surface area contributed by atoms with Crippen molar-refractivity contribution in [1.82, 2.24) is 0 Å². The molecule has 3 rings (SSSR count). The molecule has 2 N–H and O–H groups in total. The summed E-state index contributed by atoms with van der Waals surface area (Å²) in [6, 6.07) is 15.2. The van der Waals surface area contributed by atoms with E-state index in [0.29, 0.717) is 0 Å². The molecular weight excluding hydrogens is 230 g/mol. The minimum atomic E-state index is -0.00609. The molecule has 0 saturated heterocycles. The zero-order valence-corrected chi connectivity index (χ0v) is 11.5. The van der Waals surface area contributed by atoms with Crippen LogP contribution in [0.25, 0.3) is 0 Å². The molecule has 1 nitrogen and oxygen atoms in total. The van der Waals surface area contributed by atoms with Crippen LogP contribution in [-0.4, -0.2) is 0 Å². The Morgan fingerprint density at radius 1 is 0.947 bits per heavy atom. The van der Waals surface area contributed by atoms with E-state index in [0.717, 1.165) is 0 Å². The second kappa shape index (κ2) is 5.18. The van der Waals surface area contributed by atoms with Crippen LogP contribution in [-0.2, 0) is 12.8 Å². The van der Waals surface area contributed by atoms with Crippen molar-refractivity contribution in [2.45, 2.75) is 38.6 Å². The highest BCUT2D eigenvalue weighted by molar-refractivity contribution is 5.41. The summed E-state index contributed by atoms with van der Waals surface area (Å²) in [5.41, 5.74) is 13.2. The quantitative estimate of drug-likeness (QED) is 0.860. The second-order valence-electron chi connectivity index (χ2n) is 5.57. The van der Waals surface area contributed by atoms with Gasteiger partial charge < -0.3 is 5.73 Å². The van der Waals surface area contributed by atoms with E-state index >= 15 is 0 Å². The van der Waals surface area contributed by atoms with E-state index in [9.17, 15) is 0 Å². The highest BCUT2D eigenvalue weighted by Gasteiger charge is 2.14. The monoisotopic (exact) mass is 251 g/mol. The van der Waals surface area contributed by atoms with Crippen molar-refractivity contribution in [1.29, 1.82) is 0 Å². The van der Waals surface area contributed by atoms with Gasteiger partial charge in [-0.15, -0.1) is 0 Å². The molecular formula is C18H21N. The molecule has 2 aromatic rings. The van der Waals surface area contributed by atoms with Gasteiger partial charge in [0, 0.05) is 0 Å². The maximum atomic E-state index is 6.45. The third-order valence-corrected chi connectivity index (χ3v) is 4.26. The number of hydrogen-bond donors (Lipinski definition) is 1. The van der Waals surface area contributed by atoms with Gasteiger partial charge in [0.05, 0.1) is 6.04 Å².